The molecule has 3 aromatic rings. The number of anilines is 1. The Labute approximate surface area is 120 Å². The first-order valence-corrected chi connectivity index (χ1v) is 6.40. The molecule has 0 spiro atoms. The van der Waals surface area contributed by atoms with E-state index >= 15 is 0 Å². The van der Waals surface area contributed by atoms with E-state index in [4.69, 9.17) is 16.1 Å². The maximum atomic E-state index is 5.82. The minimum atomic E-state index is 0.446. The van der Waals surface area contributed by atoms with Gasteiger partial charge < -0.3 is 9.84 Å². The summed E-state index contributed by atoms with van der Waals surface area (Å²) in [5.74, 6) is 0.985. The molecule has 0 aliphatic rings. The van der Waals surface area contributed by atoms with Crippen LogP contribution in [0.1, 0.15) is 5.89 Å². The van der Waals surface area contributed by atoms with Crippen LogP contribution in [0.25, 0.3) is 11.5 Å². The van der Waals surface area contributed by atoms with Crippen molar-refractivity contribution < 1.29 is 4.52 Å². The zero-order valence-electron chi connectivity index (χ0n) is 10.7. The Morgan fingerprint density at radius 2 is 2.05 bits per heavy atom. The predicted octanol–water partition coefficient (Wildman–Crippen LogP) is 2.74. The van der Waals surface area contributed by atoms with Gasteiger partial charge in [-0.15, -0.1) is 0 Å². The molecule has 0 fully saturated rings. The van der Waals surface area contributed by atoms with Crippen LogP contribution in [0.4, 0.5) is 5.69 Å². The molecule has 3 rings (SSSR count). The van der Waals surface area contributed by atoms with Crippen molar-refractivity contribution in [1.82, 2.24) is 19.9 Å². The van der Waals surface area contributed by atoms with Crippen LogP contribution < -0.4 is 5.32 Å². The third-order valence-corrected chi connectivity index (χ3v) is 2.95. The summed E-state index contributed by atoms with van der Waals surface area (Å²) in [4.78, 5) is 4.28. The monoisotopic (exact) mass is 289 g/mol. The lowest BCUT2D eigenvalue weighted by molar-refractivity contribution is 0.384. The second kappa shape index (κ2) is 5.34. The molecule has 0 saturated heterocycles. The molecule has 2 aromatic heterocycles. The van der Waals surface area contributed by atoms with Gasteiger partial charge >= 0.3 is 0 Å². The molecular formula is C13H12ClN5O. The lowest BCUT2D eigenvalue weighted by Crippen LogP contribution is -1.99. The zero-order chi connectivity index (χ0) is 13.9. The third-order valence-electron chi connectivity index (χ3n) is 2.70. The zero-order valence-corrected chi connectivity index (χ0v) is 11.5. The fourth-order valence-corrected chi connectivity index (χ4v) is 1.84. The molecule has 0 unspecified atom stereocenters. The van der Waals surface area contributed by atoms with Crippen molar-refractivity contribution in [2.75, 3.05) is 5.32 Å². The molecule has 0 amide bonds. The van der Waals surface area contributed by atoms with Crippen LogP contribution in [-0.2, 0) is 13.6 Å². The highest BCUT2D eigenvalue weighted by Gasteiger charge is 2.10. The Balaban J connectivity index is 1.67. The Morgan fingerprint density at radius 1 is 1.25 bits per heavy atom. The highest BCUT2D eigenvalue weighted by atomic mass is 35.5. The van der Waals surface area contributed by atoms with Crippen LogP contribution in [0.2, 0.25) is 5.02 Å². The maximum Gasteiger partial charge on any atom is 0.246 e. The summed E-state index contributed by atoms with van der Waals surface area (Å²) in [7, 11) is 1.84. The smallest absolute Gasteiger partial charge is 0.246 e. The van der Waals surface area contributed by atoms with E-state index in [0.717, 1.165) is 5.69 Å². The first-order valence-electron chi connectivity index (χ1n) is 6.03. The van der Waals surface area contributed by atoms with E-state index in [0.29, 0.717) is 29.0 Å². The number of halogens is 1. The van der Waals surface area contributed by atoms with E-state index in [1.807, 2.05) is 43.6 Å². The topological polar surface area (TPSA) is 68.8 Å². The molecule has 0 aliphatic heterocycles. The Hall–Kier alpha value is -2.34. The quantitative estimate of drug-likeness (QED) is 0.800. The van der Waals surface area contributed by atoms with Gasteiger partial charge in [0, 0.05) is 24.0 Å². The fraction of sp³-hybridized carbons (Fsp3) is 0.154. The largest absolute Gasteiger partial charge is 0.376 e. The average molecular weight is 290 g/mol. The van der Waals surface area contributed by atoms with Crippen LogP contribution in [0, 0.1) is 0 Å². The molecule has 0 saturated carbocycles. The van der Waals surface area contributed by atoms with Crippen LogP contribution >= 0.6 is 11.6 Å². The summed E-state index contributed by atoms with van der Waals surface area (Å²) >= 11 is 5.82. The number of nitrogens with one attached hydrogen (secondary N) is 1. The van der Waals surface area contributed by atoms with E-state index in [2.05, 4.69) is 20.6 Å². The number of nitrogens with zero attached hydrogens (tertiary/aromatic N) is 4. The lowest BCUT2D eigenvalue weighted by Gasteiger charge is -2.02. The number of benzene rings is 1. The molecule has 0 aliphatic carbocycles. The summed E-state index contributed by atoms with van der Waals surface area (Å²) in [5.41, 5.74) is 1.63. The van der Waals surface area contributed by atoms with Gasteiger partial charge in [0.2, 0.25) is 11.7 Å². The summed E-state index contributed by atoms with van der Waals surface area (Å²) in [6, 6.07) is 9.24. The van der Waals surface area contributed by atoms with Gasteiger partial charge in [-0.1, -0.05) is 16.8 Å². The van der Waals surface area contributed by atoms with Gasteiger partial charge in [0.05, 0.1) is 6.54 Å². The minimum absolute atomic E-state index is 0.446. The number of hydrogen-bond acceptors (Lipinski definition) is 5. The standard InChI is InChI=1S/C13H12ClN5O/c1-19-7-6-11(17-19)13-16-12(20-18-13)8-15-10-4-2-9(14)3-5-10/h2-7,15H,8H2,1H3. The van der Waals surface area contributed by atoms with Gasteiger partial charge in [0.15, 0.2) is 0 Å². The molecule has 102 valence electrons. The first kappa shape index (κ1) is 12.7. The highest BCUT2D eigenvalue weighted by molar-refractivity contribution is 6.30. The van der Waals surface area contributed by atoms with Crippen molar-refractivity contribution in [2.45, 2.75) is 6.54 Å². The number of hydrogen-bond donors (Lipinski definition) is 1. The van der Waals surface area contributed by atoms with E-state index in [1.165, 1.54) is 0 Å². The van der Waals surface area contributed by atoms with E-state index in [-0.39, 0.29) is 0 Å². The molecule has 1 N–H and O–H groups in total. The Kier molecular flexibility index (Phi) is 3.39. The molecule has 1 aromatic carbocycles. The van der Waals surface area contributed by atoms with E-state index < -0.39 is 0 Å². The number of aromatic nitrogens is 4. The average Bonchev–Trinajstić information content (AvgIpc) is 3.07. The predicted molar refractivity (Wildman–Crippen MR) is 75.3 cm³/mol. The highest BCUT2D eigenvalue weighted by Crippen LogP contribution is 2.15. The molecule has 0 bridgehead atoms. The van der Waals surface area contributed by atoms with E-state index in [1.54, 1.807) is 4.68 Å². The fourth-order valence-electron chi connectivity index (χ4n) is 1.71. The number of rotatable bonds is 4. The normalized spacial score (nSPS) is 10.7. The second-order valence-electron chi connectivity index (χ2n) is 4.25. The molecular weight excluding hydrogens is 278 g/mol. The van der Waals surface area contributed by atoms with Crippen LogP contribution in [0.5, 0.6) is 0 Å². The third kappa shape index (κ3) is 2.80. The van der Waals surface area contributed by atoms with Crippen LogP contribution in [0.3, 0.4) is 0 Å². The van der Waals surface area contributed by atoms with Gasteiger partial charge in [-0.05, 0) is 30.3 Å². The van der Waals surface area contributed by atoms with Gasteiger partial charge in [-0.25, -0.2) is 0 Å². The molecule has 2 heterocycles. The van der Waals surface area contributed by atoms with E-state index in [9.17, 15) is 0 Å². The SMILES string of the molecule is Cn1ccc(-c2noc(CNc3ccc(Cl)cc3)n2)n1. The Morgan fingerprint density at radius 3 is 2.75 bits per heavy atom. The van der Waals surface area contributed by atoms with Crippen LogP contribution in [0.15, 0.2) is 41.1 Å². The van der Waals surface area contributed by atoms with Crippen molar-refractivity contribution in [3.05, 3.63) is 47.4 Å². The second-order valence-corrected chi connectivity index (χ2v) is 4.68. The lowest BCUT2D eigenvalue weighted by atomic mass is 10.3. The van der Waals surface area contributed by atoms with Crippen molar-refractivity contribution >= 4 is 17.3 Å². The van der Waals surface area contributed by atoms with Crippen molar-refractivity contribution in [3.8, 4) is 11.5 Å². The molecule has 7 heteroatoms. The van der Waals surface area contributed by atoms with Crippen molar-refractivity contribution in [2.24, 2.45) is 7.05 Å². The van der Waals surface area contributed by atoms with Crippen molar-refractivity contribution in [3.63, 3.8) is 0 Å². The Bertz CT molecular complexity index is 704. The van der Waals surface area contributed by atoms with Gasteiger partial charge in [-0.3, -0.25) is 4.68 Å². The summed E-state index contributed by atoms with van der Waals surface area (Å²) in [6.07, 6.45) is 1.83. The molecule has 0 radical (unpaired) electrons. The molecule has 20 heavy (non-hydrogen) atoms. The summed E-state index contributed by atoms with van der Waals surface area (Å²) in [6.45, 7) is 0.446. The summed E-state index contributed by atoms with van der Waals surface area (Å²) < 4.78 is 6.87. The maximum absolute atomic E-state index is 5.82. The molecule has 6 nitrogen and oxygen atoms in total. The summed E-state index contributed by atoms with van der Waals surface area (Å²) in [5, 5.41) is 12.0. The molecule has 0 atom stereocenters. The first-order chi connectivity index (χ1) is 9.70. The van der Waals surface area contributed by atoms with Crippen LogP contribution in [-0.4, -0.2) is 19.9 Å². The number of aryl methyl sites for hydroxylation is 1. The van der Waals surface area contributed by atoms with Gasteiger partial charge in [0.25, 0.3) is 0 Å². The minimum Gasteiger partial charge on any atom is -0.376 e. The van der Waals surface area contributed by atoms with Gasteiger partial charge in [0.1, 0.15) is 5.69 Å². The van der Waals surface area contributed by atoms with Gasteiger partial charge in [-0.2, -0.15) is 10.1 Å². The van der Waals surface area contributed by atoms with Crippen molar-refractivity contribution in [1.29, 1.82) is 0 Å².